The molecule has 0 saturated carbocycles. The zero-order valence-electron chi connectivity index (χ0n) is 15.0. The van der Waals surface area contributed by atoms with E-state index in [1.807, 2.05) is 6.07 Å². The molecule has 1 saturated heterocycles. The summed E-state index contributed by atoms with van der Waals surface area (Å²) < 4.78 is 6.89. The highest BCUT2D eigenvalue weighted by molar-refractivity contribution is 5.77. The second-order valence-electron chi connectivity index (χ2n) is 6.52. The molecule has 1 amide bonds. The molecule has 9 nitrogen and oxygen atoms in total. The largest absolute Gasteiger partial charge is 0.378 e. The number of carbonyl (C=O) groups is 1. The van der Waals surface area contributed by atoms with Gasteiger partial charge < -0.3 is 15.0 Å². The van der Waals surface area contributed by atoms with Crippen LogP contribution < -0.4 is 5.32 Å². The predicted molar refractivity (Wildman–Crippen MR) is 93.3 cm³/mol. The van der Waals surface area contributed by atoms with Gasteiger partial charge in [0.2, 0.25) is 5.91 Å². The highest BCUT2D eigenvalue weighted by Gasteiger charge is 2.22. The van der Waals surface area contributed by atoms with Crippen LogP contribution in [-0.2, 0) is 16.1 Å². The Morgan fingerprint density at radius 3 is 2.84 bits per heavy atom. The first kappa shape index (κ1) is 17.6. The van der Waals surface area contributed by atoms with Crippen molar-refractivity contribution in [3.05, 3.63) is 18.1 Å². The third-order valence-corrected chi connectivity index (χ3v) is 4.39. The first-order chi connectivity index (χ1) is 12.1. The Morgan fingerprint density at radius 2 is 2.16 bits per heavy atom. The Kier molecular flexibility index (Phi) is 5.44. The van der Waals surface area contributed by atoms with Crippen molar-refractivity contribution in [1.29, 1.82) is 0 Å². The number of rotatable bonds is 6. The third-order valence-electron chi connectivity index (χ3n) is 4.39. The molecule has 1 N–H and O–H groups in total. The number of likely N-dealkylation sites (tertiary alicyclic amines) is 1. The lowest BCUT2D eigenvalue weighted by atomic mass is 10.0. The van der Waals surface area contributed by atoms with Crippen LogP contribution in [0.1, 0.15) is 18.5 Å². The normalized spacial score (nSPS) is 16.3. The van der Waals surface area contributed by atoms with E-state index in [-0.39, 0.29) is 5.91 Å². The minimum absolute atomic E-state index is 0.147. The zero-order valence-corrected chi connectivity index (χ0v) is 15.0. The van der Waals surface area contributed by atoms with Crippen LogP contribution in [0.3, 0.4) is 0 Å². The van der Waals surface area contributed by atoms with Gasteiger partial charge in [0, 0.05) is 46.4 Å². The summed E-state index contributed by atoms with van der Waals surface area (Å²) in [7, 11) is 5.23. The van der Waals surface area contributed by atoms with Crippen LogP contribution in [-0.4, -0.2) is 82.2 Å². The molecule has 0 aliphatic carbocycles. The van der Waals surface area contributed by atoms with Crippen LogP contribution in [0.2, 0.25) is 0 Å². The molecular weight excluding hydrogens is 322 g/mol. The highest BCUT2D eigenvalue weighted by atomic mass is 16.5. The molecule has 0 aromatic carbocycles. The molecule has 1 fully saturated rings. The number of methoxy groups -OCH3 is 1. The molecule has 3 heterocycles. The van der Waals surface area contributed by atoms with Gasteiger partial charge in [-0.15, -0.1) is 0 Å². The van der Waals surface area contributed by atoms with Crippen LogP contribution in [0, 0.1) is 0 Å². The van der Waals surface area contributed by atoms with E-state index in [0.717, 1.165) is 37.4 Å². The van der Waals surface area contributed by atoms with Gasteiger partial charge in [0.05, 0.1) is 18.8 Å². The van der Waals surface area contributed by atoms with Crippen molar-refractivity contribution in [2.75, 3.05) is 46.2 Å². The van der Waals surface area contributed by atoms with Crippen molar-refractivity contribution in [3.63, 3.8) is 0 Å². The number of anilines is 1. The second kappa shape index (κ2) is 7.75. The number of carbonyl (C=O) groups excluding carboxylic acids is 1. The van der Waals surface area contributed by atoms with Gasteiger partial charge in [0.1, 0.15) is 12.1 Å². The van der Waals surface area contributed by atoms with Gasteiger partial charge in [-0.1, -0.05) is 0 Å². The van der Waals surface area contributed by atoms with Crippen LogP contribution in [0.25, 0.3) is 5.78 Å². The van der Waals surface area contributed by atoms with Gasteiger partial charge in [-0.2, -0.15) is 14.6 Å². The number of nitrogens with one attached hydrogen (secondary N) is 1. The number of ether oxygens (including phenoxy) is 1. The van der Waals surface area contributed by atoms with Gasteiger partial charge in [-0.3, -0.25) is 9.69 Å². The number of piperidine rings is 1. The molecule has 3 rings (SSSR count). The monoisotopic (exact) mass is 347 g/mol. The van der Waals surface area contributed by atoms with Crippen molar-refractivity contribution >= 4 is 17.5 Å². The topological polar surface area (TPSA) is 87.9 Å². The van der Waals surface area contributed by atoms with Gasteiger partial charge in [0.15, 0.2) is 0 Å². The van der Waals surface area contributed by atoms with Crippen LogP contribution in [0.4, 0.5) is 5.82 Å². The maximum Gasteiger partial charge on any atom is 0.254 e. The summed E-state index contributed by atoms with van der Waals surface area (Å²) in [5.41, 5.74) is 0.819. The van der Waals surface area contributed by atoms with Gasteiger partial charge in [-0.25, -0.2) is 4.98 Å². The first-order valence-electron chi connectivity index (χ1n) is 8.44. The fourth-order valence-electron chi connectivity index (χ4n) is 2.96. The van der Waals surface area contributed by atoms with E-state index in [1.165, 1.54) is 6.33 Å². The van der Waals surface area contributed by atoms with Crippen molar-refractivity contribution in [1.82, 2.24) is 29.4 Å². The minimum atomic E-state index is 0.147. The lowest BCUT2D eigenvalue weighted by Crippen LogP contribution is -2.44. The molecule has 9 heteroatoms. The fourth-order valence-corrected chi connectivity index (χ4v) is 2.96. The number of hydrogen-bond donors (Lipinski definition) is 1. The first-order valence-corrected chi connectivity index (χ1v) is 8.44. The van der Waals surface area contributed by atoms with Crippen LogP contribution in [0.5, 0.6) is 0 Å². The van der Waals surface area contributed by atoms with E-state index in [4.69, 9.17) is 4.74 Å². The SMILES string of the molecule is COCc1cc(NC2CCN(CC(=O)N(C)C)CC2)n2ncnc2n1. The Hall–Kier alpha value is -2.26. The minimum Gasteiger partial charge on any atom is -0.378 e. The highest BCUT2D eigenvalue weighted by Crippen LogP contribution is 2.18. The van der Waals surface area contributed by atoms with E-state index < -0.39 is 0 Å². The Bertz CT molecular complexity index is 722. The Morgan fingerprint density at radius 1 is 1.40 bits per heavy atom. The number of amides is 1. The summed E-state index contributed by atoms with van der Waals surface area (Å²) in [6, 6.07) is 2.28. The van der Waals surface area contributed by atoms with Gasteiger partial charge >= 0.3 is 0 Å². The summed E-state index contributed by atoms with van der Waals surface area (Å²) in [6.07, 6.45) is 3.44. The molecule has 1 aliphatic heterocycles. The molecule has 2 aromatic rings. The number of aromatic nitrogens is 4. The molecule has 136 valence electrons. The van der Waals surface area contributed by atoms with Gasteiger partial charge in [-0.05, 0) is 12.8 Å². The van der Waals surface area contributed by atoms with Gasteiger partial charge in [0.25, 0.3) is 5.78 Å². The average molecular weight is 347 g/mol. The van der Waals surface area contributed by atoms with Crippen molar-refractivity contribution < 1.29 is 9.53 Å². The van der Waals surface area contributed by atoms with Crippen molar-refractivity contribution in [2.45, 2.75) is 25.5 Å². The summed E-state index contributed by atoms with van der Waals surface area (Å²) in [6.45, 7) is 2.71. The zero-order chi connectivity index (χ0) is 17.8. The Balaban J connectivity index is 1.63. The quantitative estimate of drug-likeness (QED) is 0.800. The molecule has 1 aliphatic rings. The molecule has 0 unspecified atom stereocenters. The van der Waals surface area contributed by atoms with Crippen LogP contribution >= 0.6 is 0 Å². The standard InChI is InChI=1S/C16H25N7O2/c1-21(2)15(24)9-22-6-4-12(5-7-22)19-14-8-13(10-25-3)20-16-17-11-18-23(14)16/h8,11-12,19H,4-7,9-10H2,1-3H3. The molecule has 25 heavy (non-hydrogen) atoms. The maximum absolute atomic E-state index is 11.8. The lowest BCUT2D eigenvalue weighted by molar-refractivity contribution is -0.130. The van der Waals surface area contributed by atoms with E-state index in [2.05, 4.69) is 25.3 Å². The second-order valence-corrected chi connectivity index (χ2v) is 6.52. The molecule has 0 spiro atoms. The van der Waals surface area contributed by atoms with Crippen molar-refractivity contribution in [3.8, 4) is 0 Å². The summed E-state index contributed by atoms with van der Waals surface area (Å²) in [4.78, 5) is 24.3. The van der Waals surface area contributed by atoms with Crippen LogP contribution in [0.15, 0.2) is 12.4 Å². The van der Waals surface area contributed by atoms with E-state index in [0.29, 0.717) is 25.0 Å². The number of fused-ring (bicyclic) bond motifs is 1. The lowest BCUT2D eigenvalue weighted by Gasteiger charge is -2.32. The number of nitrogens with zero attached hydrogens (tertiary/aromatic N) is 6. The smallest absolute Gasteiger partial charge is 0.254 e. The number of hydrogen-bond acceptors (Lipinski definition) is 7. The fraction of sp³-hybridized carbons (Fsp3) is 0.625. The molecule has 2 aromatic heterocycles. The van der Waals surface area contributed by atoms with E-state index >= 15 is 0 Å². The molecule has 0 radical (unpaired) electrons. The molecular formula is C16H25N7O2. The predicted octanol–water partition coefficient (Wildman–Crippen LogP) is 0.235. The Labute approximate surface area is 147 Å². The molecule has 0 atom stereocenters. The number of likely N-dealkylation sites (N-methyl/N-ethyl adjacent to an activating group) is 1. The summed E-state index contributed by atoms with van der Waals surface area (Å²) in [5, 5.41) is 7.79. The maximum atomic E-state index is 11.8. The third kappa shape index (κ3) is 4.23. The molecule has 0 bridgehead atoms. The summed E-state index contributed by atoms with van der Waals surface area (Å²) in [5.74, 6) is 1.58. The van der Waals surface area contributed by atoms with Crippen molar-refractivity contribution in [2.24, 2.45) is 0 Å². The van der Waals surface area contributed by atoms with E-state index in [1.54, 1.807) is 30.6 Å². The summed E-state index contributed by atoms with van der Waals surface area (Å²) >= 11 is 0. The van der Waals surface area contributed by atoms with E-state index in [9.17, 15) is 4.79 Å². The average Bonchev–Trinajstić information content (AvgIpc) is 3.05.